The number of carbonyl (C=O) groups excluding carboxylic acids is 1. The number of likely N-dealkylation sites (N-methyl/N-ethyl adjacent to an activating group) is 1. The highest BCUT2D eigenvalue weighted by Crippen LogP contribution is 2.19. The molecule has 130 valence electrons. The molecule has 5 nitrogen and oxygen atoms in total. The average molecular weight is 340 g/mol. The summed E-state index contributed by atoms with van der Waals surface area (Å²) in [6, 6.07) is 11.5. The van der Waals surface area contributed by atoms with E-state index < -0.39 is 6.04 Å². The van der Waals surface area contributed by atoms with Crippen LogP contribution in [0.5, 0.6) is 0 Å². The van der Waals surface area contributed by atoms with Crippen LogP contribution in [0.2, 0.25) is 0 Å². The van der Waals surface area contributed by atoms with Crippen molar-refractivity contribution in [1.29, 1.82) is 0 Å². The lowest BCUT2D eigenvalue weighted by Gasteiger charge is -2.23. The van der Waals surface area contributed by atoms with Crippen LogP contribution >= 0.6 is 0 Å². The first-order valence-corrected chi connectivity index (χ1v) is 8.09. The first-order valence-electron chi connectivity index (χ1n) is 8.09. The summed E-state index contributed by atoms with van der Waals surface area (Å²) in [6.45, 7) is 2.30. The predicted molar refractivity (Wildman–Crippen MR) is 95.5 cm³/mol. The van der Waals surface area contributed by atoms with Gasteiger partial charge < -0.3 is 10.3 Å². The summed E-state index contributed by atoms with van der Waals surface area (Å²) in [6.07, 6.45) is 0. The standard InChI is InChI=1S/C19H21FN4O/c1-12-7-8-15-16(9-12)23-17(22-15)11-21-19(25)18(24(2)3)13-5-4-6-14(20)10-13/h4-10,18H,11H2,1-3H3,(H,21,25)(H,22,23)/t18-/m1/s1. The molecule has 0 unspecified atom stereocenters. The van der Waals surface area contributed by atoms with Gasteiger partial charge in [-0.05, 0) is 56.4 Å². The SMILES string of the molecule is Cc1ccc2nc(CNC(=O)[C@@H](c3cccc(F)c3)N(C)C)[nH]c2c1. The monoisotopic (exact) mass is 340 g/mol. The number of hydrogen-bond acceptors (Lipinski definition) is 3. The number of halogens is 1. The maximum atomic E-state index is 13.5. The highest BCUT2D eigenvalue weighted by molar-refractivity contribution is 5.83. The molecule has 0 saturated heterocycles. The zero-order valence-corrected chi connectivity index (χ0v) is 14.5. The lowest BCUT2D eigenvalue weighted by Crippen LogP contribution is -2.37. The molecule has 0 bridgehead atoms. The van der Waals surface area contributed by atoms with Crippen LogP contribution in [0.1, 0.15) is 23.0 Å². The van der Waals surface area contributed by atoms with Gasteiger partial charge in [0.15, 0.2) is 0 Å². The minimum Gasteiger partial charge on any atom is -0.347 e. The Morgan fingerprint density at radius 2 is 2.08 bits per heavy atom. The van der Waals surface area contributed by atoms with Crippen molar-refractivity contribution in [3.8, 4) is 0 Å². The van der Waals surface area contributed by atoms with Crippen molar-refractivity contribution in [3.63, 3.8) is 0 Å². The smallest absolute Gasteiger partial charge is 0.242 e. The Labute approximate surface area is 145 Å². The van der Waals surface area contributed by atoms with Gasteiger partial charge in [-0.3, -0.25) is 9.69 Å². The summed E-state index contributed by atoms with van der Waals surface area (Å²) in [5.41, 5.74) is 3.57. The molecule has 1 amide bonds. The molecule has 0 fully saturated rings. The third kappa shape index (κ3) is 3.85. The second-order valence-electron chi connectivity index (χ2n) is 6.34. The number of aryl methyl sites for hydroxylation is 1. The number of benzene rings is 2. The Hall–Kier alpha value is -2.73. The summed E-state index contributed by atoms with van der Waals surface area (Å²) in [5, 5.41) is 2.88. The Kier molecular flexibility index (Phi) is 4.81. The molecule has 0 radical (unpaired) electrons. The van der Waals surface area contributed by atoms with Gasteiger partial charge in [-0.25, -0.2) is 9.37 Å². The van der Waals surface area contributed by atoms with Crippen LogP contribution in [0.3, 0.4) is 0 Å². The van der Waals surface area contributed by atoms with Gasteiger partial charge in [0.05, 0.1) is 17.6 Å². The molecule has 3 aromatic rings. The molecule has 2 N–H and O–H groups in total. The van der Waals surface area contributed by atoms with Crippen LogP contribution < -0.4 is 5.32 Å². The van der Waals surface area contributed by atoms with Crippen molar-refractivity contribution in [2.75, 3.05) is 14.1 Å². The van der Waals surface area contributed by atoms with Gasteiger partial charge in [-0.15, -0.1) is 0 Å². The van der Waals surface area contributed by atoms with Crippen molar-refractivity contribution in [1.82, 2.24) is 20.2 Å². The van der Waals surface area contributed by atoms with E-state index >= 15 is 0 Å². The van der Waals surface area contributed by atoms with E-state index in [0.29, 0.717) is 11.4 Å². The molecule has 3 rings (SSSR count). The third-order valence-corrected chi connectivity index (χ3v) is 4.05. The summed E-state index contributed by atoms with van der Waals surface area (Å²) >= 11 is 0. The Morgan fingerprint density at radius 1 is 1.28 bits per heavy atom. The van der Waals surface area contributed by atoms with E-state index in [1.807, 2.05) is 25.1 Å². The van der Waals surface area contributed by atoms with Gasteiger partial charge in [-0.1, -0.05) is 18.2 Å². The molecule has 1 atom stereocenters. The minimum absolute atomic E-state index is 0.202. The van der Waals surface area contributed by atoms with Crippen LogP contribution in [0.4, 0.5) is 4.39 Å². The molecule has 0 saturated carbocycles. The molecule has 0 aliphatic carbocycles. The van der Waals surface area contributed by atoms with Crippen molar-refractivity contribution < 1.29 is 9.18 Å². The van der Waals surface area contributed by atoms with E-state index in [2.05, 4.69) is 15.3 Å². The first kappa shape index (κ1) is 17.1. The molecule has 0 spiro atoms. The van der Waals surface area contributed by atoms with Crippen molar-refractivity contribution >= 4 is 16.9 Å². The molecule has 1 heterocycles. The van der Waals surface area contributed by atoms with E-state index in [1.165, 1.54) is 12.1 Å². The molecular weight excluding hydrogens is 319 g/mol. The van der Waals surface area contributed by atoms with Crippen molar-refractivity contribution in [2.24, 2.45) is 0 Å². The number of H-pyrrole nitrogens is 1. The molecule has 25 heavy (non-hydrogen) atoms. The van der Waals surface area contributed by atoms with E-state index in [9.17, 15) is 9.18 Å². The maximum absolute atomic E-state index is 13.5. The summed E-state index contributed by atoms with van der Waals surface area (Å²) in [7, 11) is 3.58. The van der Waals surface area contributed by atoms with Crippen molar-refractivity contribution in [2.45, 2.75) is 19.5 Å². The van der Waals surface area contributed by atoms with Gasteiger partial charge in [0, 0.05) is 0 Å². The fourth-order valence-corrected chi connectivity index (χ4v) is 2.89. The van der Waals surface area contributed by atoms with Gasteiger partial charge in [-0.2, -0.15) is 0 Å². The highest BCUT2D eigenvalue weighted by atomic mass is 19.1. The zero-order chi connectivity index (χ0) is 18.0. The zero-order valence-electron chi connectivity index (χ0n) is 14.5. The molecule has 2 aromatic carbocycles. The lowest BCUT2D eigenvalue weighted by atomic mass is 10.1. The Bertz CT molecular complexity index is 903. The average Bonchev–Trinajstić information content (AvgIpc) is 2.95. The van der Waals surface area contributed by atoms with Gasteiger partial charge in [0.2, 0.25) is 5.91 Å². The number of fused-ring (bicyclic) bond motifs is 1. The topological polar surface area (TPSA) is 61.0 Å². The lowest BCUT2D eigenvalue weighted by molar-refractivity contribution is -0.126. The molecule has 0 aliphatic rings. The molecule has 6 heteroatoms. The summed E-state index contributed by atoms with van der Waals surface area (Å²) in [5.74, 6) is 0.128. The largest absolute Gasteiger partial charge is 0.347 e. The highest BCUT2D eigenvalue weighted by Gasteiger charge is 2.23. The van der Waals surface area contributed by atoms with Crippen LogP contribution in [0.25, 0.3) is 11.0 Å². The van der Waals surface area contributed by atoms with E-state index in [1.54, 1.807) is 31.1 Å². The number of rotatable bonds is 5. The number of amides is 1. The Morgan fingerprint density at radius 3 is 2.80 bits per heavy atom. The minimum atomic E-state index is -0.567. The number of imidazole rings is 1. The molecular formula is C19H21FN4O. The second-order valence-corrected chi connectivity index (χ2v) is 6.34. The number of aromatic amines is 1. The second kappa shape index (κ2) is 7.03. The van der Waals surface area contributed by atoms with Crippen LogP contribution in [-0.2, 0) is 11.3 Å². The number of hydrogen-bond donors (Lipinski definition) is 2. The first-order chi connectivity index (χ1) is 11.9. The predicted octanol–water partition coefficient (Wildman–Crippen LogP) is 2.93. The van der Waals surface area contributed by atoms with Crippen LogP contribution in [-0.4, -0.2) is 34.9 Å². The van der Waals surface area contributed by atoms with Crippen LogP contribution in [0, 0.1) is 12.7 Å². The molecule has 1 aromatic heterocycles. The van der Waals surface area contributed by atoms with E-state index in [4.69, 9.17) is 0 Å². The molecule has 0 aliphatic heterocycles. The van der Waals surface area contributed by atoms with Crippen molar-refractivity contribution in [3.05, 3.63) is 65.2 Å². The number of aromatic nitrogens is 2. The van der Waals surface area contributed by atoms with Crippen LogP contribution in [0.15, 0.2) is 42.5 Å². The number of nitrogens with zero attached hydrogens (tertiary/aromatic N) is 2. The number of nitrogens with one attached hydrogen (secondary N) is 2. The Balaban J connectivity index is 1.74. The summed E-state index contributed by atoms with van der Waals surface area (Å²) in [4.78, 5) is 22.1. The fourth-order valence-electron chi connectivity index (χ4n) is 2.89. The van der Waals surface area contributed by atoms with E-state index in [0.717, 1.165) is 16.6 Å². The quantitative estimate of drug-likeness (QED) is 0.751. The summed E-state index contributed by atoms with van der Waals surface area (Å²) < 4.78 is 13.5. The third-order valence-electron chi connectivity index (χ3n) is 4.05. The normalized spacial score (nSPS) is 12.5. The van der Waals surface area contributed by atoms with Gasteiger partial charge in [0.25, 0.3) is 0 Å². The fraction of sp³-hybridized carbons (Fsp3) is 0.263. The van der Waals surface area contributed by atoms with E-state index in [-0.39, 0.29) is 18.3 Å². The number of carbonyl (C=O) groups is 1. The van der Waals surface area contributed by atoms with Gasteiger partial charge in [0.1, 0.15) is 17.7 Å². The van der Waals surface area contributed by atoms with Gasteiger partial charge >= 0.3 is 0 Å². The maximum Gasteiger partial charge on any atom is 0.242 e.